The Kier molecular flexibility index (Phi) is 15.7. The van der Waals surface area contributed by atoms with Crippen molar-refractivity contribution < 1.29 is 38.7 Å². The largest absolute Gasteiger partial charge is 0.480 e. The average molecular weight is 870 g/mol. The predicted octanol–water partition coefficient (Wildman–Crippen LogP) is 5.38. The number of aliphatic carboxylic acids is 1. The molecule has 2 aliphatic rings. The molecule has 0 spiro atoms. The number of ketones is 1. The highest BCUT2D eigenvalue weighted by Crippen LogP contribution is 2.23. The number of likely N-dealkylation sites (N-methyl/N-ethyl adjacent to an activating group) is 1. The molecule has 326 valence electrons. The van der Waals surface area contributed by atoms with E-state index in [2.05, 4.69) is 21.3 Å². The summed E-state index contributed by atoms with van der Waals surface area (Å²) in [5, 5.41) is 22.9. The highest BCUT2D eigenvalue weighted by atomic mass is 32.1. The second-order valence-electron chi connectivity index (χ2n) is 15.8. The summed E-state index contributed by atoms with van der Waals surface area (Å²) in [6.45, 7) is 1.38. The molecule has 13 nitrogen and oxygen atoms in total. The molecule has 0 aliphatic carbocycles. The molecule has 0 unspecified atom stereocenters. The number of anilines is 1. The van der Waals surface area contributed by atoms with E-state index in [4.69, 9.17) is 0 Å². The minimum absolute atomic E-state index is 0.0214. The molecule has 7 rings (SSSR count). The molecule has 5 aromatic rings. The number of nitrogens with one attached hydrogen (secondary N) is 4. The molecule has 5 atom stereocenters. The molecule has 2 aliphatic heterocycles. The lowest BCUT2D eigenvalue weighted by molar-refractivity contribution is -0.150. The number of Topliss-reactive ketones (excluding diaryl/α,β-unsaturated/α-hetero) is 1. The van der Waals surface area contributed by atoms with Crippen LogP contribution in [0, 0.1) is 5.92 Å². The maximum atomic E-state index is 14.7. The molecule has 0 saturated heterocycles. The number of thiophene rings is 1. The Balaban J connectivity index is 1.38. The minimum Gasteiger partial charge on any atom is -0.480 e. The quantitative estimate of drug-likeness (QED) is 0.116. The van der Waals surface area contributed by atoms with Gasteiger partial charge in [0.1, 0.15) is 18.1 Å². The number of hydrogen-bond acceptors (Lipinski definition) is 8. The number of nitrogens with zero attached hydrogens (tertiary/aromatic N) is 1. The van der Waals surface area contributed by atoms with Gasteiger partial charge in [0.05, 0.1) is 6.04 Å². The van der Waals surface area contributed by atoms with Crippen molar-refractivity contribution in [2.45, 2.75) is 76.0 Å². The number of rotatable bonds is 10. The van der Waals surface area contributed by atoms with Gasteiger partial charge in [-0.25, -0.2) is 4.79 Å². The van der Waals surface area contributed by atoms with Crippen molar-refractivity contribution >= 4 is 58.3 Å². The lowest BCUT2D eigenvalue weighted by Gasteiger charge is -2.28. The van der Waals surface area contributed by atoms with Crippen molar-refractivity contribution in [3.63, 3.8) is 0 Å². The first-order chi connectivity index (χ1) is 30.3. The molecule has 5 amide bonds. The van der Waals surface area contributed by atoms with Crippen molar-refractivity contribution in [3.8, 4) is 11.1 Å². The topological polar surface area (TPSA) is 191 Å². The van der Waals surface area contributed by atoms with E-state index in [1.165, 1.54) is 25.3 Å². The zero-order valence-electron chi connectivity index (χ0n) is 35.1. The molecular weight excluding hydrogens is 819 g/mol. The van der Waals surface area contributed by atoms with Crippen LogP contribution in [-0.4, -0.2) is 82.5 Å². The van der Waals surface area contributed by atoms with Crippen LogP contribution >= 0.6 is 11.3 Å². The van der Waals surface area contributed by atoms with Gasteiger partial charge in [0.15, 0.2) is 5.78 Å². The van der Waals surface area contributed by atoms with Crippen molar-refractivity contribution in [1.82, 2.24) is 20.9 Å². The third-order valence-corrected chi connectivity index (χ3v) is 12.0. The van der Waals surface area contributed by atoms with Gasteiger partial charge < -0.3 is 31.3 Å². The molecular formula is C49H51N5O8S. The lowest BCUT2D eigenvalue weighted by atomic mass is 9.88. The number of amides is 5. The fourth-order valence-electron chi connectivity index (χ4n) is 7.39. The molecule has 14 heteroatoms. The molecule has 5 N–H and O–H groups in total. The first-order valence-corrected chi connectivity index (χ1v) is 21.7. The first kappa shape index (κ1) is 45.6. The number of benzene rings is 4. The lowest BCUT2D eigenvalue weighted by Crippen LogP contribution is -2.57. The van der Waals surface area contributed by atoms with Gasteiger partial charge in [-0.05, 0) is 71.2 Å². The van der Waals surface area contributed by atoms with Gasteiger partial charge in [-0.15, -0.1) is 11.3 Å². The summed E-state index contributed by atoms with van der Waals surface area (Å²) in [4.78, 5) is 97.8. The Morgan fingerprint density at radius 3 is 1.86 bits per heavy atom. The molecule has 0 fully saturated rings. The van der Waals surface area contributed by atoms with Crippen molar-refractivity contribution in [3.05, 3.63) is 148 Å². The summed E-state index contributed by atoms with van der Waals surface area (Å²) < 4.78 is 0. The van der Waals surface area contributed by atoms with E-state index in [0.29, 0.717) is 16.8 Å². The monoisotopic (exact) mass is 869 g/mol. The first-order valence-electron chi connectivity index (χ1n) is 20.8. The average Bonchev–Trinajstić information content (AvgIpc) is 3.81. The van der Waals surface area contributed by atoms with Gasteiger partial charge in [0, 0.05) is 55.6 Å². The second kappa shape index (κ2) is 21.7. The van der Waals surface area contributed by atoms with Gasteiger partial charge >= 0.3 is 5.97 Å². The smallest absolute Gasteiger partial charge is 0.326 e. The molecule has 2 bridgehead atoms. The summed E-state index contributed by atoms with van der Waals surface area (Å²) in [6.07, 6.45) is -0.498. The van der Waals surface area contributed by atoms with Crippen LogP contribution in [-0.2, 0) is 59.2 Å². The standard InChI is InChI=1S/C49H51N5O8S/c1-31(49(61)62)54(2)48(60)37-26-33-17-21-38(22-18-33)50-44(56)23-24-45(57)51-42(30-39-14-9-25-63-39)47(59)53-41(28-34-15-19-36(20-16-34)35-12-7-4-8-13-35)46(58)52-40(43(55)29-37)27-32-10-5-3-6-11-32/h3-22,25,31,37,40-42H,23-24,26-30H2,1-2H3,(H,50,56)(H,51,57)(H,52,58)(H,53,59)(H,61,62)/t31-,37+,40+,41-,42+/m0/s1. The fourth-order valence-corrected chi connectivity index (χ4v) is 8.14. The van der Waals surface area contributed by atoms with E-state index in [1.807, 2.05) is 90.3 Å². The summed E-state index contributed by atoms with van der Waals surface area (Å²) in [7, 11) is 1.37. The number of fused-ring (bicyclic) bond motifs is 18. The van der Waals surface area contributed by atoms with E-state index in [1.54, 1.807) is 36.4 Å². The van der Waals surface area contributed by atoms with E-state index < -0.39 is 71.4 Å². The molecule has 4 aromatic carbocycles. The summed E-state index contributed by atoms with van der Waals surface area (Å²) >= 11 is 1.40. The van der Waals surface area contributed by atoms with Crippen molar-refractivity contribution in [2.75, 3.05) is 12.4 Å². The van der Waals surface area contributed by atoms with Crippen LogP contribution in [0.1, 0.15) is 47.8 Å². The number of carbonyl (C=O) groups excluding carboxylic acids is 6. The van der Waals surface area contributed by atoms with Crippen LogP contribution in [0.2, 0.25) is 0 Å². The number of carbonyl (C=O) groups is 7. The third kappa shape index (κ3) is 13.0. The van der Waals surface area contributed by atoms with E-state index in [9.17, 15) is 38.7 Å². The van der Waals surface area contributed by atoms with Crippen LogP contribution in [0.4, 0.5) is 5.69 Å². The van der Waals surface area contributed by atoms with E-state index in [0.717, 1.165) is 26.5 Å². The van der Waals surface area contributed by atoms with Crippen LogP contribution in [0.25, 0.3) is 11.1 Å². The van der Waals surface area contributed by atoms with E-state index in [-0.39, 0.29) is 44.9 Å². The molecule has 63 heavy (non-hydrogen) atoms. The van der Waals surface area contributed by atoms with Gasteiger partial charge in [-0.2, -0.15) is 0 Å². The molecule has 0 saturated carbocycles. The van der Waals surface area contributed by atoms with Crippen molar-refractivity contribution in [2.24, 2.45) is 5.92 Å². The Bertz CT molecular complexity index is 2370. The molecule has 1 aromatic heterocycles. The number of hydrogen-bond donors (Lipinski definition) is 5. The summed E-state index contributed by atoms with van der Waals surface area (Å²) in [5.74, 6) is -5.57. The van der Waals surface area contributed by atoms with Crippen LogP contribution in [0.5, 0.6) is 0 Å². The van der Waals surface area contributed by atoms with Crippen LogP contribution < -0.4 is 21.3 Å². The van der Waals surface area contributed by atoms with Gasteiger partial charge in [0.2, 0.25) is 29.5 Å². The SMILES string of the molecule is C[C@@H](C(=O)O)N(C)C(=O)[C@H]1CC(=O)[C@@H](Cc2ccccc2)NC(=O)[C@H](Cc2ccc(-c3ccccc3)cc2)NC(=O)[C@@H](Cc2cccs2)NC(=O)CCC(=O)Nc2ccc(cc2)C1. The third-order valence-electron chi connectivity index (χ3n) is 11.1. The minimum atomic E-state index is -1.23. The van der Waals surface area contributed by atoms with Crippen LogP contribution in [0.3, 0.4) is 0 Å². The van der Waals surface area contributed by atoms with Gasteiger partial charge in [-0.3, -0.25) is 28.8 Å². The zero-order valence-corrected chi connectivity index (χ0v) is 35.9. The highest BCUT2D eigenvalue weighted by molar-refractivity contribution is 7.09. The maximum absolute atomic E-state index is 14.7. The van der Waals surface area contributed by atoms with Crippen LogP contribution in [0.15, 0.2) is 127 Å². The normalized spacial score (nSPS) is 19.7. The van der Waals surface area contributed by atoms with Gasteiger partial charge in [-0.1, -0.05) is 103 Å². The molecule has 3 heterocycles. The zero-order chi connectivity index (χ0) is 44.9. The van der Waals surface area contributed by atoms with Crippen molar-refractivity contribution in [1.29, 1.82) is 0 Å². The summed E-state index contributed by atoms with van der Waals surface area (Å²) in [5.41, 5.74) is 4.47. The second-order valence-corrected chi connectivity index (χ2v) is 16.8. The van der Waals surface area contributed by atoms with E-state index >= 15 is 0 Å². The highest BCUT2D eigenvalue weighted by Gasteiger charge is 2.35. The summed E-state index contributed by atoms with van der Waals surface area (Å²) in [6, 6.07) is 32.0. The Morgan fingerprint density at radius 2 is 1.22 bits per heavy atom. The fraction of sp³-hybridized carbons (Fsp3) is 0.286. The Labute approximate surface area is 370 Å². The predicted molar refractivity (Wildman–Crippen MR) is 241 cm³/mol. The van der Waals surface area contributed by atoms with Gasteiger partial charge in [0.25, 0.3) is 0 Å². The maximum Gasteiger partial charge on any atom is 0.326 e. The Morgan fingerprint density at radius 1 is 0.651 bits per heavy atom. The number of carboxylic acids is 1. The molecule has 0 radical (unpaired) electrons. The number of carboxylic acid groups (broad SMARTS) is 1. The Hall–Kier alpha value is -6.93.